The van der Waals surface area contributed by atoms with Crippen molar-refractivity contribution in [2.75, 3.05) is 25.4 Å². The van der Waals surface area contributed by atoms with Gasteiger partial charge in [-0.15, -0.1) is 0 Å². The smallest absolute Gasteiger partial charge is 0.242 e. The molecule has 3 aromatic rings. The number of hydrogen-bond donors (Lipinski definition) is 3. The SMILES string of the molecule is Cc1ccc2cc1CNC(=O)[C@H](CCc1ccccc1)NC(=O)[C@@H](NS(=O)(=O)CCc1ccccc1)CC(=O)N1CCCC(CCO2)C1. The highest BCUT2D eigenvalue weighted by Gasteiger charge is 2.33. The molecule has 3 atom stereocenters. The fourth-order valence-electron chi connectivity index (χ4n) is 6.27. The van der Waals surface area contributed by atoms with E-state index in [2.05, 4.69) is 15.4 Å². The van der Waals surface area contributed by atoms with Crippen molar-refractivity contribution in [2.24, 2.45) is 5.92 Å². The summed E-state index contributed by atoms with van der Waals surface area (Å²) in [4.78, 5) is 43.0. The number of hydrogen-bond acceptors (Lipinski definition) is 6. The van der Waals surface area contributed by atoms with Crippen LogP contribution in [-0.2, 0) is 43.8 Å². The first-order valence-electron chi connectivity index (χ1n) is 16.8. The predicted molar refractivity (Wildman–Crippen MR) is 185 cm³/mol. The summed E-state index contributed by atoms with van der Waals surface area (Å²) in [5, 5.41) is 5.77. The number of carbonyl (C=O) groups is 3. The van der Waals surface area contributed by atoms with Crippen LogP contribution in [0.1, 0.15) is 54.4 Å². The summed E-state index contributed by atoms with van der Waals surface area (Å²) >= 11 is 0. The number of sulfonamides is 1. The van der Waals surface area contributed by atoms with E-state index >= 15 is 0 Å². The number of amides is 3. The number of rotatable bonds is 8. The van der Waals surface area contributed by atoms with Crippen molar-refractivity contribution < 1.29 is 27.5 Å². The zero-order valence-electron chi connectivity index (χ0n) is 27.5. The van der Waals surface area contributed by atoms with E-state index in [4.69, 9.17) is 4.74 Å². The average Bonchev–Trinajstić information content (AvgIpc) is 3.09. The van der Waals surface area contributed by atoms with Crippen molar-refractivity contribution in [1.29, 1.82) is 0 Å². The van der Waals surface area contributed by atoms with Gasteiger partial charge < -0.3 is 20.3 Å². The van der Waals surface area contributed by atoms with Crippen LogP contribution in [-0.4, -0.2) is 68.6 Å². The Hall–Kier alpha value is -4.22. The minimum Gasteiger partial charge on any atom is -0.494 e. The first kappa shape index (κ1) is 35.1. The third-order valence-corrected chi connectivity index (χ3v) is 10.5. The maximum atomic E-state index is 13.9. The molecule has 0 saturated carbocycles. The number of nitrogens with zero attached hydrogens (tertiary/aromatic N) is 1. The fourth-order valence-corrected chi connectivity index (χ4v) is 7.51. The van der Waals surface area contributed by atoms with Gasteiger partial charge in [0.05, 0.1) is 18.8 Å². The Kier molecular flexibility index (Phi) is 12.2. The van der Waals surface area contributed by atoms with Gasteiger partial charge in [0.1, 0.15) is 17.8 Å². The van der Waals surface area contributed by atoms with Gasteiger partial charge in [-0.3, -0.25) is 14.4 Å². The Morgan fingerprint density at radius 3 is 2.33 bits per heavy atom. The molecule has 2 aliphatic rings. The maximum Gasteiger partial charge on any atom is 0.242 e. The summed E-state index contributed by atoms with van der Waals surface area (Å²) in [6.07, 6.45) is 3.20. The zero-order chi connectivity index (χ0) is 33.9. The van der Waals surface area contributed by atoms with Crippen LogP contribution < -0.4 is 20.1 Å². The molecular weight excluding hydrogens is 628 g/mol. The molecule has 4 bridgehead atoms. The van der Waals surface area contributed by atoms with Crippen molar-refractivity contribution in [3.05, 3.63) is 101 Å². The predicted octanol–water partition coefficient (Wildman–Crippen LogP) is 3.67. The molecular formula is C37H46N4O6S. The normalized spacial score (nSPS) is 21.3. The Morgan fingerprint density at radius 1 is 0.896 bits per heavy atom. The molecule has 11 heteroatoms. The number of piperidine rings is 1. The molecule has 0 radical (unpaired) electrons. The third-order valence-electron chi connectivity index (χ3n) is 9.16. The first-order chi connectivity index (χ1) is 23.1. The molecule has 3 N–H and O–H groups in total. The lowest BCUT2D eigenvalue weighted by Gasteiger charge is -2.34. The highest BCUT2D eigenvalue weighted by molar-refractivity contribution is 7.89. The van der Waals surface area contributed by atoms with E-state index in [0.29, 0.717) is 31.9 Å². The quantitative estimate of drug-likeness (QED) is 0.334. The van der Waals surface area contributed by atoms with Crippen molar-refractivity contribution in [1.82, 2.24) is 20.3 Å². The van der Waals surface area contributed by atoms with Crippen molar-refractivity contribution in [3.63, 3.8) is 0 Å². The lowest BCUT2D eigenvalue weighted by atomic mass is 9.94. The number of benzene rings is 3. The number of ether oxygens (including phenoxy) is 1. The minimum absolute atomic E-state index is 0.225. The Morgan fingerprint density at radius 2 is 1.60 bits per heavy atom. The van der Waals surface area contributed by atoms with Gasteiger partial charge in [-0.1, -0.05) is 66.7 Å². The Balaban J connectivity index is 1.40. The molecule has 1 fully saturated rings. The Bertz CT molecular complexity index is 1650. The molecule has 3 aromatic carbocycles. The van der Waals surface area contributed by atoms with Crippen LogP contribution in [0.2, 0.25) is 0 Å². The molecule has 2 aliphatic heterocycles. The Labute approximate surface area is 283 Å². The molecule has 1 unspecified atom stereocenters. The lowest BCUT2D eigenvalue weighted by molar-refractivity contribution is -0.136. The van der Waals surface area contributed by atoms with E-state index in [1.165, 1.54) is 0 Å². The van der Waals surface area contributed by atoms with Crippen LogP contribution in [0.5, 0.6) is 5.75 Å². The van der Waals surface area contributed by atoms with Crippen molar-refractivity contribution in [2.45, 2.75) is 70.5 Å². The fraction of sp³-hybridized carbons (Fsp3) is 0.432. The molecule has 0 spiro atoms. The topological polar surface area (TPSA) is 134 Å². The van der Waals surface area contributed by atoms with Gasteiger partial charge >= 0.3 is 0 Å². The van der Waals surface area contributed by atoms with E-state index in [1.54, 1.807) is 4.90 Å². The largest absolute Gasteiger partial charge is 0.494 e. The maximum absolute atomic E-state index is 13.9. The van der Waals surface area contributed by atoms with Crippen molar-refractivity contribution in [3.8, 4) is 5.75 Å². The first-order valence-corrected chi connectivity index (χ1v) is 18.5. The van der Waals surface area contributed by atoms with E-state index < -0.39 is 33.9 Å². The molecule has 10 nitrogen and oxygen atoms in total. The molecule has 3 amide bonds. The van der Waals surface area contributed by atoms with Crippen LogP contribution in [0.4, 0.5) is 0 Å². The lowest BCUT2D eigenvalue weighted by Crippen LogP contribution is -2.55. The molecule has 0 aliphatic carbocycles. The third kappa shape index (κ3) is 10.4. The minimum atomic E-state index is -3.97. The monoisotopic (exact) mass is 674 g/mol. The van der Waals surface area contributed by atoms with Gasteiger partial charge in [-0.05, 0) is 85.8 Å². The standard InChI is InChI=1S/C37H46N4O6S/c1-27-14-16-32-23-31(27)25-38-36(43)33(17-15-28-9-4-2-5-10-28)39-37(44)34(40-48(45,46)22-19-29-11-6-3-7-12-29)24-35(42)41-20-8-13-30(26-41)18-21-47-32/h2-7,9-12,14,16,23,30,33-34,40H,8,13,15,17-22,24-26H2,1H3,(H,38,43)(H,39,44)/t30?,33-,34-/m0/s1. The zero-order valence-corrected chi connectivity index (χ0v) is 28.3. The van der Waals surface area contributed by atoms with Crippen LogP contribution in [0.15, 0.2) is 78.9 Å². The van der Waals surface area contributed by atoms with E-state index in [1.807, 2.05) is 85.8 Å². The highest BCUT2D eigenvalue weighted by Crippen LogP contribution is 2.23. The number of nitrogens with one attached hydrogen (secondary N) is 3. The van der Waals surface area contributed by atoms with Crippen LogP contribution in [0.3, 0.4) is 0 Å². The van der Waals surface area contributed by atoms with Gasteiger partial charge in [0, 0.05) is 19.6 Å². The van der Waals surface area contributed by atoms with Gasteiger partial charge in [0.2, 0.25) is 27.7 Å². The summed E-state index contributed by atoms with van der Waals surface area (Å²) in [5.41, 5.74) is 3.73. The average molecular weight is 675 g/mol. The summed E-state index contributed by atoms with van der Waals surface area (Å²) in [5.74, 6) is -0.727. The van der Waals surface area contributed by atoms with Crippen LogP contribution in [0, 0.1) is 12.8 Å². The summed E-state index contributed by atoms with van der Waals surface area (Å²) < 4.78 is 35.3. The van der Waals surface area contributed by atoms with Crippen LogP contribution >= 0.6 is 0 Å². The number of aryl methyl sites for hydroxylation is 3. The second kappa shape index (κ2) is 16.7. The molecule has 48 heavy (non-hydrogen) atoms. The highest BCUT2D eigenvalue weighted by atomic mass is 32.2. The van der Waals surface area contributed by atoms with E-state index in [0.717, 1.165) is 41.5 Å². The summed E-state index contributed by atoms with van der Waals surface area (Å²) in [7, 11) is -3.97. The molecule has 256 valence electrons. The second-order valence-corrected chi connectivity index (χ2v) is 14.7. The number of carbonyl (C=O) groups excluding carboxylic acids is 3. The van der Waals surface area contributed by atoms with Gasteiger partial charge in [0.25, 0.3) is 0 Å². The van der Waals surface area contributed by atoms with E-state index in [-0.39, 0.29) is 43.4 Å². The van der Waals surface area contributed by atoms with Crippen LogP contribution in [0.25, 0.3) is 0 Å². The molecule has 2 heterocycles. The number of fused-ring (bicyclic) bond motifs is 4. The van der Waals surface area contributed by atoms with Gasteiger partial charge in [-0.2, -0.15) is 0 Å². The molecule has 5 rings (SSSR count). The summed E-state index contributed by atoms with van der Waals surface area (Å²) in [6.45, 7) is 3.72. The molecule has 0 aromatic heterocycles. The van der Waals surface area contributed by atoms with Gasteiger partial charge in [0.15, 0.2) is 0 Å². The summed E-state index contributed by atoms with van der Waals surface area (Å²) in [6, 6.07) is 22.3. The molecule has 1 saturated heterocycles. The van der Waals surface area contributed by atoms with Crippen molar-refractivity contribution >= 4 is 27.7 Å². The van der Waals surface area contributed by atoms with E-state index in [9.17, 15) is 22.8 Å². The second-order valence-electron chi connectivity index (χ2n) is 12.8. The van der Waals surface area contributed by atoms with Gasteiger partial charge in [-0.25, -0.2) is 13.1 Å².